The summed E-state index contributed by atoms with van der Waals surface area (Å²) in [4.78, 5) is 21.1. The molecule has 0 radical (unpaired) electrons. The van der Waals surface area contributed by atoms with E-state index in [0.717, 1.165) is 30.4 Å². The average molecular weight is 392 g/mol. The monoisotopic (exact) mass is 391 g/mol. The summed E-state index contributed by atoms with van der Waals surface area (Å²) in [5.74, 6) is 0.108. The van der Waals surface area contributed by atoms with Crippen LogP contribution in [0.3, 0.4) is 0 Å². The molecular weight excluding hydrogens is 364 g/mol. The third-order valence-electron chi connectivity index (χ3n) is 4.08. The SMILES string of the molecule is CCCCc1cnc(N=[S-](=O)OCC)nc1-c1cc(C)c(=O)n(C(C)C)c1. The summed E-state index contributed by atoms with van der Waals surface area (Å²) in [6.07, 6.45) is 6.41. The van der Waals surface area contributed by atoms with Crippen molar-refractivity contribution in [2.24, 2.45) is 4.36 Å². The average Bonchev–Trinajstić information content (AvgIpc) is 2.62. The molecular formula is C19H27N4O3S-. The van der Waals surface area contributed by atoms with Gasteiger partial charge in [0.1, 0.15) is 0 Å². The van der Waals surface area contributed by atoms with Crippen molar-refractivity contribution >= 4 is 16.8 Å². The van der Waals surface area contributed by atoms with Gasteiger partial charge in [0.25, 0.3) is 5.56 Å². The van der Waals surface area contributed by atoms with Crippen LogP contribution in [0.1, 0.15) is 57.7 Å². The number of nitrogens with zero attached hydrogens (tertiary/aromatic N) is 4. The van der Waals surface area contributed by atoms with Crippen LogP contribution in [0.4, 0.5) is 5.95 Å². The summed E-state index contributed by atoms with van der Waals surface area (Å²) in [7, 11) is -1.82. The van der Waals surface area contributed by atoms with Crippen LogP contribution in [0.2, 0.25) is 0 Å². The fourth-order valence-corrected chi connectivity index (χ4v) is 3.17. The van der Waals surface area contributed by atoms with E-state index in [1.807, 2.05) is 26.1 Å². The lowest BCUT2D eigenvalue weighted by Gasteiger charge is -2.15. The highest BCUT2D eigenvalue weighted by Gasteiger charge is 2.13. The van der Waals surface area contributed by atoms with Crippen molar-refractivity contribution in [3.63, 3.8) is 0 Å². The number of rotatable bonds is 8. The van der Waals surface area contributed by atoms with Crippen LogP contribution in [0, 0.1) is 6.92 Å². The van der Waals surface area contributed by atoms with Gasteiger partial charge in [-0.25, -0.2) is 9.97 Å². The molecule has 0 saturated carbocycles. The van der Waals surface area contributed by atoms with E-state index < -0.39 is 10.9 Å². The third kappa shape index (κ3) is 5.46. The van der Waals surface area contributed by atoms with E-state index in [2.05, 4.69) is 21.3 Å². The van der Waals surface area contributed by atoms with Crippen molar-refractivity contribution in [3.05, 3.63) is 39.9 Å². The summed E-state index contributed by atoms with van der Waals surface area (Å²) in [6, 6.07) is 1.87. The molecule has 0 unspecified atom stereocenters. The summed E-state index contributed by atoms with van der Waals surface area (Å²) in [5, 5.41) is 0. The van der Waals surface area contributed by atoms with Crippen molar-refractivity contribution in [2.45, 2.75) is 59.9 Å². The van der Waals surface area contributed by atoms with Crippen molar-refractivity contribution in [3.8, 4) is 11.3 Å². The Labute approximate surface area is 162 Å². The van der Waals surface area contributed by atoms with Gasteiger partial charge in [0.2, 0.25) is 5.95 Å². The van der Waals surface area contributed by atoms with Gasteiger partial charge in [0.15, 0.2) is 0 Å². The number of aryl methyl sites for hydroxylation is 2. The Kier molecular flexibility index (Phi) is 7.67. The van der Waals surface area contributed by atoms with Gasteiger partial charge in [-0.3, -0.25) is 4.79 Å². The van der Waals surface area contributed by atoms with Crippen LogP contribution >= 0.6 is 0 Å². The molecule has 27 heavy (non-hydrogen) atoms. The highest BCUT2D eigenvalue weighted by atomic mass is 32.2. The third-order valence-corrected chi connectivity index (χ3v) is 4.83. The lowest BCUT2D eigenvalue weighted by Crippen LogP contribution is -2.23. The quantitative estimate of drug-likeness (QED) is 0.627. The molecule has 0 fully saturated rings. The number of unbranched alkanes of at least 4 members (excludes halogenated alkanes) is 1. The highest BCUT2D eigenvalue weighted by Crippen LogP contribution is 2.25. The predicted molar refractivity (Wildman–Crippen MR) is 107 cm³/mol. The number of hydrogen-bond acceptors (Lipinski definition) is 7. The minimum atomic E-state index is -1.82. The molecule has 0 aliphatic heterocycles. The van der Waals surface area contributed by atoms with Gasteiger partial charge >= 0.3 is 0 Å². The first-order chi connectivity index (χ1) is 12.9. The van der Waals surface area contributed by atoms with Crippen LogP contribution in [0.5, 0.6) is 0 Å². The smallest absolute Gasteiger partial charge is 0.253 e. The first kappa shape index (κ1) is 21.2. The van der Waals surface area contributed by atoms with Crippen LogP contribution in [-0.4, -0.2) is 21.1 Å². The van der Waals surface area contributed by atoms with Crippen LogP contribution in [0.15, 0.2) is 27.6 Å². The molecule has 0 bridgehead atoms. The molecule has 2 rings (SSSR count). The van der Waals surface area contributed by atoms with E-state index in [1.165, 1.54) is 0 Å². The van der Waals surface area contributed by atoms with Gasteiger partial charge in [-0.2, -0.15) is 0 Å². The second-order valence-electron chi connectivity index (χ2n) is 6.58. The van der Waals surface area contributed by atoms with Gasteiger partial charge < -0.3 is 17.3 Å². The number of hydrogen-bond donors (Lipinski definition) is 0. The molecule has 2 aromatic rings. The molecule has 0 aliphatic carbocycles. The van der Waals surface area contributed by atoms with Crippen LogP contribution < -0.4 is 5.56 Å². The van der Waals surface area contributed by atoms with Gasteiger partial charge in [0, 0.05) is 36.2 Å². The summed E-state index contributed by atoms with van der Waals surface area (Å²) in [6.45, 7) is 9.89. The summed E-state index contributed by atoms with van der Waals surface area (Å²) < 4.78 is 22.3. The molecule has 0 aromatic carbocycles. The minimum Gasteiger partial charge on any atom is -0.439 e. The van der Waals surface area contributed by atoms with Crippen LogP contribution in [0.25, 0.3) is 11.3 Å². The van der Waals surface area contributed by atoms with E-state index in [-0.39, 0.29) is 24.2 Å². The zero-order valence-corrected chi connectivity index (χ0v) is 17.4. The van der Waals surface area contributed by atoms with E-state index in [1.54, 1.807) is 24.6 Å². The van der Waals surface area contributed by atoms with E-state index in [0.29, 0.717) is 11.3 Å². The molecule has 2 aromatic heterocycles. The minimum absolute atomic E-state index is 0.0136. The standard InChI is InChI=1S/C19H27N4O3S/c1-6-8-9-15-11-20-19(22-27(25)26-7-2)21-17(15)16-10-14(5)18(24)23(12-16)13(3)4/h10-13H,6-9H2,1-5H3/q-1. The van der Waals surface area contributed by atoms with Gasteiger partial charge in [0.05, 0.1) is 5.69 Å². The Morgan fingerprint density at radius 1 is 1.33 bits per heavy atom. The van der Waals surface area contributed by atoms with E-state index in [9.17, 15) is 9.00 Å². The fourth-order valence-electron chi connectivity index (χ4n) is 2.69. The zero-order valence-electron chi connectivity index (χ0n) is 16.6. The molecule has 0 atom stereocenters. The molecule has 8 heteroatoms. The maximum atomic E-state index is 12.4. The molecule has 7 nitrogen and oxygen atoms in total. The zero-order chi connectivity index (χ0) is 20.0. The van der Waals surface area contributed by atoms with Gasteiger partial charge in [-0.1, -0.05) is 24.2 Å². The molecule has 0 spiro atoms. The Morgan fingerprint density at radius 2 is 2.07 bits per heavy atom. The van der Waals surface area contributed by atoms with Crippen molar-refractivity contribution in [1.82, 2.24) is 14.5 Å². The lowest BCUT2D eigenvalue weighted by molar-refractivity contribution is 0.369. The predicted octanol–water partition coefficient (Wildman–Crippen LogP) is 4.27. The largest absolute Gasteiger partial charge is 0.439 e. The maximum absolute atomic E-state index is 12.4. The Bertz CT molecular complexity index is 931. The second-order valence-corrected chi connectivity index (χ2v) is 7.43. The summed E-state index contributed by atoms with van der Waals surface area (Å²) in [5.41, 5.74) is 3.15. The van der Waals surface area contributed by atoms with Crippen molar-refractivity contribution in [1.29, 1.82) is 0 Å². The lowest BCUT2D eigenvalue weighted by atomic mass is 10.0. The Hall–Kier alpha value is -2.06. The van der Waals surface area contributed by atoms with E-state index in [4.69, 9.17) is 4.18 Å². The Morgan fingerprint density at radius 3 is 2.70 bits per heavy atom. The van der Waals surface area contributed by atoms with E-state index >= 15 is 0 Å². The van der Waals surface area contributed by atoms with Gasteiger partial charge in [-0.05, 0) is 52.2 Å². The summed E-state index contributed by atoms with van der Waals surface area (Å²) >= 11 is 0. The molecule has 148 valence electrons. The van der Waals surface area contributed by atoms with Crippen molar-refractivity contribution in [2.75, 3.05) is 6.61 Å². The second kappa shape index (κ2) is 9.75. The number of aromatic nitrogens is 3. The molecule has 0 N–H and O–H groups in total. The fraction of sp³-hybridized carbons (Fsp3) is 0.526. The van der Waals surface area contributed by atoms with Gasteiger partial charge in [-0.15, -0.1) is 0 Å². The molecule has 2 heterocycles. The van der Waals surface area contributed by atoms with Crippen molar-refractivity contribution < 1.29 is 8.39 Å². The number of pyridine rings is 1. The topological polar surface area (TPSA) is 86.4 Å². The first-order valence-corrected chi connectivity index (χ1v) is 10.3. The Balaban J connectivity index is 2.63. The molecule has 0 aliphatic rings. The molecule has 0 saturated heterocycles. The normalized spacial score (nSPS) is 12.7. The first-order valence-electron chi connectivity index (χ1n) is 9.23. The highest BCUT2D eigenvalue weighted by molar-refractivity contribution is 7.69. The maximum Gasteiger partial charge on any atom is 0.253 e. The van der Waals surface area contributed by atoms with Crippen LogP contribution in [-0.2, 0) is 25.7 Å². The molecule has 0 amide bonds.